The van der Waals surface area contributed by atoms with Crippen LogP contribution in [0.5, 0.6) is 0 Å². The number of benzene rings is 1. The molecule has 0 radical (unpaired) electrons. The summed E-state index contributed by atoms with van der Waals surface area (Å²) < 4.78 is 5.32. The van der Waals surface area contributed by atoms with E-state index in [1.54, 1.807) is 6.92 Å². The van der Waals surface area contributed by atoms with Crippen LogP contribution in [0, 0.1) is 20.8 Å². The standard InChI is InChI=1S/C16H16N4O3/c1-8-4-9(2)16-11(5-8)12(20-23-16)6-14(21)19-13-7-15(22)18-10(3)17-13/h4-5,7H,6H2,1-3H3,(H2,17,18,19,21,22). The van der Waals surface area contributed by atoms with Gasteiger partial charge in [0, 0.05) is 11.5 Å². The Balaban J connectivity index is 1.84. The van der Waals surface area contributed by atoms with Gasteiger partial charge in [-0.3, -0.25) is 9.59 Å². The minimum Gasteiger partial charge on any atom is -0.356 e. The van der Waals surface area contributed by atoms with Gasteiger partial charge < -0.3 is 14.8 Å². The Morgan fingerprint density at radius 2 is 2.04 bits per heavy atom. The van der Waals surface area contributed by atoms with E-state index in [1.165, 1.54) is 6.07 Å². The Morgan fingerprint density at radius 3 is 2.78 bits per heavy atom. The van der Waals surface area contributed by atoms with Crippen LogP contribution in [-0.4, -0.2) is 21.0 Å². The number of fused-ring (bicyclic) bond motifs is 1. The minimum absolute atomic E-state index is 0.0451. The molecule has 2 aromatic heterocycles. The molecule has 0 saturated heterocycles. The van der Waals surface area contributed by atoms with Gasteiger partial charge in [0.25, 0.3) is 5.56 Å². The van der Waals surface area contributed by atoms with Gasteiger partial charge in [-0.25, -0.2) is 4.98 Å². The lowest BCUT2D eigenvalue weighted by Crippen LogP contribution is -2.19. The van der Waals surface area contributed by atoms with Crippen LogP contribution in [0.3, 0.4) is 0 Å². The van der Waals surface area contributed by atoms with E-state index in [2.05, 4.69) is 20.4 Å². The van der Waals surface area contributed by atoms with E-state index >= 15 is 0 Å². The van der Waals surface area contributed by atoms with Gasteiger partial charge in [0.1, 0.15) is 17.3 Å². The summed E-state index contributed by atoms with van der Waals surface area (Å²) in [7, 11) is 0. The highest BCUT2D eigenvalue weighted by Gasteiger charge is 2.15. The quantitative estimate of drug-likeness (QED) is 0.770. The van der Waals surface area contributed by atoms with E-state index in [-0.39, 0.29) is 23.7 Å². The highest BCUT2D eigenvalue weighted by molar-refractivity contribution is 5.94. The van der Waals surface area contributed by atoms with Gasteiger partial charge in [-0.2, -0.15) is 0 Å². The maximum absolute atomic E-state index is 12.2. The van der Waals surface area contributed by atoms with E-state index in [9.17, 15) is 9.59 Å². The second-order valence-corrected chi connectivity index (χ2v) is 5.53. The summed E-state index contributed by atoms with van der Waals surface area (Å²) >= 11 is 0. The lowest BCUT2D eigenvalue weighted by atomic mass is 10.1. The Hall–Kier alpha value is -2.96. The molecule has 0 atom stereocenters. The number of nitrogens with one attached hydrogen (secondary N) is 2. The predicted molar refractivity (Wildman–Crippen MR) is 85.4 cm³/mol. The van der Waals surface area contributed by atoms with Crippen molar-refractivity contribution < 1.29 is 9.32 Å². The first-order valence-electron chi connectivity index (χ1n) is 7.15. The van der Waals surface area contributed by atoms with Crippen molar-refractivity contribution in [2.45, 2.75) is 27.2 Å². The first kappa shape index (κ1) is 15.0. The number of nitrogens with zero attached hydrogens (tertiary/aromatic N) is 2. The van der Waals surface area contributed by atoms with Gasteiger partial charge in [0.05, 0.1) is 6.42 Å². The summed E-state index contributed by atoms with van der Waals surface area (Å²) in [6.07, 6.45) is 0.0451. The van der Waals surface area contributed by atoms with E-state index in [0.717, 1.165) is 16.5 Å². The second kappa shape index (κ2) is 5.68. The molecule has 0 aliphatic rings. The SMILES string of the molecule is Cc1cc(C)c2onc(CC(=O)Nc3cc(=O)[nH]c(C)n3)c2c1. The third kappa shape index (κ3) is 3.13. The van der Waals surface area contributed by atoms with Crippen molar-refractivity contribution in [3.8, 4) is 0 Å². The summed E-state index contributed by atoms with van der Waals surface area (Å²) in [5.41, 5.74) is 2.98. The zero-order chi connectivity index (χ0) is 16.6. The van der Waals surface area contributed by atoms with Crippen molar-refractivity contribution in [1.29, 1.82) is 0 Å². The molecule has 7 nitrogen and oxygen atoms in total. The molecular formula is C16H16N4O3. The molecule has 0 bridgehead atoms. The molecule has 2 N–H and O–H groups in total. The van der Waals surface area contributed by atoms with E-state index < -0.39 is 0 Å². The van der Waals surface area contributed by atoms with Crippen molar-refractivity contribution in [3.05, 3.63) is 51.2 Å². The molecule has 23 heavy (non-hydrogen) atoms. The number of anilines is 1. The molecule has 1 aromatic carbocycles. The number of aromatic nitrogens is 3. The zero-order valence-corrected chi connectivity index (χ0v) is 13.1. The average Bonchev–Trinajstić information content (AvgIpc) is 2.80. The summed E-state index contributed by atoms with van der Waals surface area (Å²) in [4.78, 5) is 30.1. The fourth-order valence-corrected chi connectivity index (χ4v) is 2.55. The number of hydrogen-bond donors (Lipinski definition) is 2. The summed E-state index contributed by atoms with van der Waals surface area (Å²) in [6, 6.07) is 5.18. The monoisotopic (exact) mass is 312 g/mol. The third-order valence-electron chi connectivity index (χ3n) is 3.43. The molecule has 0 aliphatic carbocycles. The van der Waals surface area contributed by atoms with Gasteiger partial charge in [0.15, 0.2) is 5.58 Å². The fraction of sp³-hybridized carbons (Fsp3) is 0.250. The maximum atomic E-state index is 12.2. The smallest absolute Gasteiger partial charge is 0.252 e. The molecule has 1 amide bonds. The number of rotatable bonds is 3. The summed E-state index contributed by atoms with van der Waals surface area (Å²) in [5.74, 6) is 0.346. The summed E-state index contributed by atoms with van der Waals surface area (Å²) in [6.45, 7) is 5.56. The van der Waals surface area contributed by atoms with Gasteiger partial charge >= 0.3 is 0 Å². The van der Waals surface area contributed by atoms with Crippen LogP contribution in [-0.2, 0) is 11.2 Å². The molecule has 0 aliphatic heterocycles. The van der Waals surface area contributed by atoms with Crippen LogP contribution in [0.25, 0.3) is 11.0 Å². The Kier molecular flexibility index (Phi) is 3.69. The largest absolute Gasteiger partial charge is 0.356 e. The molecule has 118 valence electrons. The van der Waals surface area contributed by atoms with Crippen LogP contribution < -0.4 is 10.9 Å². The Bertz CT molecular complexity index is 956. The molecule has 0 fully saturated rings. The second-order valence-electron chi connectivity index (χ2n) is 5.53. The molecule has 0 spiro atoms. The number of aryl methyl sites for hydroxylation is 3. The van der Waals surface area contributed by atoms with Crippen molar-refractivity contribution in [2.75, 3.05) is 5.32 Å². The number of amides is 1. The van der Waals surface area contributed by atoms with Crippen LogP contribution in [0.2, 0.25) is 0 Å². The highest BCUT2D eigenvalue weighted by Crippen LogP contribution is 2.24. The van der Waals surface area contributed by atoms with Gasteiger partial charge in [-0.15, -0.1) is 0 Å². The van der Waals surface area contributed by atoms with Crippen molar-refractivity contribution >= 4 is 22.7 Å². The van der Waals surface area contributed by atoms with Crippen LogP contribution in [0.15, 0.2) is 27.5 Å². The van der Waals surface area contributed by atoms with Gasteiger partial charge in [-0.1, -0.05) is 11.2 Å². The zero-order valence-electron chi connectivity index (χ0n) is 13.1. The fourth-order valence-electron chi connectivity index (χ4n) is 2.55. The molecule has 7 heteroatoms. The molecular weight excluding hydrogens is 296 g/mol. The van der Waals surface area contributed by atoms with E-state index in [0.29, 0.717) is 17.1 Å². The minimum atomic E-state index is -0.314. The van der Waals surface area contributed by atoms with Crippen LogP contribution in [0.1, 0.15) is 22.6 Å². The Morgan fingerprint density at radius 1 is 1.26 bits per heavy atom. The molecule has 0 saturated carbocycles. The van der Waals surface area contributed by atoms with E-state index in [4.69, 9.17) is 4.52 Å². The summed E-state index contributed by atoms with van der Waals surface area (Å²) in [5, 5.41) is 7.42. The molecule has 2 heterocycles. The van der Waals surface area contributed by atoms with Gasteiger partial charge in [-0.05, 0) is 38.0 Å². The van der Waals surface area contributed by atoms with Crippen LogP contribution in [0.4, 0.5) is 5.82 Å². The van der Waals surface area contributed by atoms with Crippen molar-refractivity contribution in [3.63, 3.8) is 0 Å². The van der Waals surface area contributed by atoms with Crippen LogP contribution >= 0.6 is 0 Å². The topological polar surface area (TPSA) is 101 Å². The average molecular weight is 312 g/mol. The van der Waals surface area contributed by atoms with Gasteiger partial charge in [0.2, 0.25) is 5.91 Å². The number of H-pyrrole nitrogens is 1. The highest BCUT2D eigenvalue weighted by atomic mass is 16.5. The first-order chi connectivity index (χ1) is 10.9. The molecule has 3 rings (SSSR count). The third-order valence-corrected chi connectivity index (χ3v) is 3.43. The predicted octanol–water partition coefficient (Wildman–Crippen LogP) is 2.02. The normalized spacial score (nSPS) is 10.9. The number of aromatic amines is 1. The number of hydrogen-bond acceptors (Lipinski definition) is 5. The molecule has 0 unspecified atom stereocenters. The maximum Gasteiger partial charge on any atom is 0.252 e. The van der Waals surface area contributed by atoms with Crippen molar-refractivity contribution in [1.82, 2.24) is 15.1 Å². The lowest BCUT2D eigenvalue weighted by Gasteiger charge is -2.03. The van der Waals surface area contributed by atoms with Crippen molar-refractivity contribution in [2.24, 2.45) is 0 Å². The van der Waals surface area contributed by atoms with E-state index in [1.807, 2.05) is 26.0 Å². The lowest BCUT2D eigenvalue weighted by molar-refractivity contribution is -0.115. The molecule has 3 aromatic rings. The number of carbonyl (C=O) groups is 1. The number of carbonyl (C=O) groups excluding carboxylic acids is 1. The Labute approximate surface area is 131 Å². The first-order valence-corrected chi connectivity index (χ1v) is 7.15.